The van der Waals surface area contributed by atoms with Gasteiger partial charge in [0.2, 0.25) is 5.88 Å². The number of hydrogen-bond acceptors (Lipinski definition) is 5. The van der Waals surface area contributed by atoms with Crippen molar-refractivity contribution >= 4 is 32.3 Å². The van der Waals surface area contributed by atoms with Crippen molar-refractivity contribution in [3.8, 4) is 5.88 Å². The lowest BCUT2D eigenvalue weighted by atomic mass is 10.1. The maximum atomic E-state index is 12.1. The summed E-state index contributed by atoms with van der Waals surface area (Å²) in [6.45, 7) is 2.79. The van der Waals surface area contributed by atoms with Gasteiger partial charge < -0.3 is 9.67 Å². The molecule has 1 atom stereocenters. The van der Waals surface area contributed by atoms with Crippen LogP contribution >= 0.6 is 0 Å². The number of para-hydroxylation sites is 1. The minimum absolute atomic E-state index is 0.00676. The van der Waals surface area contributed by atoms with Gasteiger partial charge >= 0.3 is 0 Å². The molecule has 1 saturated heterocycles. The Labute approximate surface area is 159 Å². The molecule has 2 aromatic rings. The second-order valence-corrected chi connectivity index (χ2v) is 9.34. The van der Waals surface area contributed by atoms with Gasteiger partial charge in [-0.3, -0.25) is 4.79 Å². The van der Waals surface area contributed by atoms with Crippen LogP contribution in [0.1, 0.15) is 39.0 Å². The predicted octanol–water partition coefficient (Wildman–Crippen LogP) is 3.97. The van der Waals surface area contributed by atoms with Crippen molar-refractivity contribution < 1.29 is 18.3 Å². The molecular formula is C19H25N3O4S. The van der Waals surface area contributed by atoms with Crippen LogP contribution < -0.4 is 0 Å². The molecule has 0 aliphatic carbocycles. The molecule has 146 valence electrons. The van der Waals surface area contributed by atoms with E-state index < -0.39 is 15.7 Å². The summed E-state index contributed by atoms with van der Waals surface area (Å²) in [6.07, 6.45) is 3.64. The number of nitrogens with zero attached hydrogens (tertiary/aromatic N) is 3. The van der Waals surface area contributed by atoms with E-state index in [2.05, 4.69) is 17.2 Å². The second-order valence-electron chi connectivity index (χ2n) is 7.12. The maximum absolute atomic E-state index is 12.1. The van der Waals surface area contributed by atoms with Crippen molar-refractivity contribution in [3.05, 3.63) is 24.3 Å². The lowest BCUT2D eigenvalue weighted by molar-refractivity contribution is -0.119. The lowest BCUT2D eigenvalue weighted by Gasteiger charge is -2.05. The van der Waals surface area contributed by atoms with Crippen molar-refractivity contribution in [2.45, 2.75) is 45.6 Å². The Morgan fingerprint density at radius 1 is 1.30 bits per heavy atom. The Kier molecular flexibility index (Phi) is 5.94. The van der Waals surface area contributed by atoms with E-state index in [1.807, 2.05) is 24.3 Å². The highest BCUT2D eigenvalue weighted by molar-refractivity contribution is 7.91. The molecule has 1 aromatic heterocycles. The summed E-state index contributed by atoms with van der Waals surface area (Å²) >= 11 is 0. The average molecular weight is 391 g/mol. The van der Waals surface area contributed by atoms with Crippen LogP contribution in [0.4, 0.5) is 5.69 Å². The normalized spacial score (nSPS) is 19.2. The topological polar surface area (TPSA) is 101 Å². The molecule has 8 heteroatoms. The number of hydrogen-bond donors (Lipinski definition) is 1. The SMILES string of the molecule is CCCCCn1c(O)c(N=NC(=O)C[C@H]2CCS(=O)(=O)C2)c2ccccc21. The molecule has 0 unspecified atom stereocenters. The van der Waals surface area contributed by atoms with Crippen LogP contribution in [0.3, 0.4) is 0 Å². The quantitative estimate of drug-likeness (QED) is 0.570. The minimum atomic E-state index is -3.02. The fourth-order valence-electron chi connectivity index (χ4n) is 3.54. The Balaban J connectivity index is 1.78. The monoisotopic (exact) mass is 391 g/mol. The van der Waals surface area contributed by atoms with Gasteiger partial charge in [0.25, 0.3) is 5.91 Å². The summed E-state index contributed by atoms with van der Waals surface area (Å²) in [7, 11) is -3.02. The van der Waals surface area contributed by atoms with Crippen molar-refractivity contribution in [1.82, 2.24) is 4.57 Å². The Bertz CT molecular complexity index is 963. The zero-order chi connectivity index (χ0) is 19.4. The van der Waals surface area contributed by atoms with E-state index in [-0.39, 0.29) is 35.4 Å². The van der Waals surface area contributed by atoms with Gasteiger partial charge in [0.05, 0.1) is 17.0 Å². The zero-order valence-corrected chi connectivity index (χ0v) is 16.3. The van der Waals surface area contributed by atoms with Crippen molar-refractivity contribution in [1.29, 1.82) is 0 Å². The first kappa shape index (κ1) is 19.5. The van der Waals surface area contributed by atoms with E-state index in [0.29, 0.717) is 13.0 Å². The number of benzene rings is 1. The molecule has 1 fully saturated rings. The number of fused-ring (bicyclic) bond motifs is 1. The van der Waals surface area contributed by atoms with Crippen LogP contribution in [0.5, 0.6) is 5.88 Å². The third kappa shape index (κ3) is 4.55. The smallest absolute Gasteiger partial charge is 0.265 e. The lowest BCUT2D eigenvalue weighted by Crippen LogP contribution is -2.08. The van der Waals surface area contributed by atoms with Crippen LogP contribution in [0.15, 0.2) is 34.5 Å². The number of rotatable bonds is 7. The number of aryl methyl sites for hydroxylation is 1. The molecule has 1 aliphatic rings. The number of aromatic nitrogens is 1. The summed E-state index contributed by atoms with van der Waals surface area (Å²) in [4.78, 5) is 12.1. The fourth-order valence-corrected chi connectivity index (χ4v) is 5.40. The Hall–Kier alpha value is -2.22. The van der Waals surface area contributed by atoms with Gasteiger partial charge in [-0.1, -0.05) is 38.0 Å². The van der Waals surface area contributed by atoms with Crippen LogP contribution in [0.25, 0.3) is 10.9 Å². The number of amides is 1. The highest BCUT2D eigenvalue weighted by Crippen LogP contribution is 2.39. The van der Waals surface area contributed by atoms with Gasteiger partial charge in [0.1, 0.15) is 0 Å². The third-order valence-electron chi connectivity index (χ3n) is 4.95. The average Bonchev–Trinajstić information content (AvgIpc) is 3.10. The standard InChI is InChI=1S/C19H25N3O4S/c1-2-3-6-10-22-16-8-5-4-7-15(16)18(19(22)24)21-20-17(23)12-14-9-11-27(25,26)13-14/h4-5,7-8,14,24H,2-3,6,9-13H2,1H3/t14-/m1/s1. The summed E-state index contributed by atoms with van der Waals surface area (Å²) in [5, 5.41) is 19.1. The maximum Gasteiger partial charge on any atom is 0.265 e. The summed E-state index contributed by atoms with van der Waals surface area (Å²) in [5.41, 5.74) is 1.14. The number of carbonyl (C=O) groups excluding carboxylic acids is 1. The minimum Gasteiger partial charge on any atom is -0.493 e. The largest absolute Gasteiger partial charge is 0.493 e. The predicted molar refractivity (Wildman–Crippen MR) is 104 cm³/mol. The first-order valence-electron chi connectivity index (χ1n) is 9.36. The van der Waals surface area contributed by atoms with Gasteiger partial charge in [0, 0.05) is 18.4 Å². The highest BCUT2D eigenvalue weighted by atomic mass is 32.2. The van der Waals surface area contributed by atoms with Gasteiger partial charge in [-0.05, 0) is 24.8 Å². The zero-order valence-electron chi connectivity index (χ0n) is 15.5. The van der Waals surface area contributed by atoms with Crippen LogP contribution in [0.2, 0.25) is 0 Å². The molecule has 27 heavy (non-hydrogen) atoms. The molecule has 2 heterocycles. The molecule has 1 aliphatic heterocycles. The second kappa shape index (κ2) is 8.21. The molecule has 1 amide bonds. The van der Waals surface area contributed by atoms with Gasteiger partial charge in [-0.15, -0.1) is 10.2 Å². The third-order valence-corrected chi connectivity index (χ3v) is 6.79. The molecule has 0 radical (unpaired) electrons. The van der Waals surface area contributed by atoms with Gasteiger partial charge in [-0.25, -0.2) is 8.42 Å². The highest BCUT2D eigenvalue weighted by Gasteiger charge is 2.29. The molecule has 0 saturated carbocycles. The van der Waals surface area contributed by atoms with E-state index in [4.69, 9.17) is 0 Å². The number of aromatic hydroxyl groups is 1. The van der Waals surface area contributed by atoms with E-state index in [1.54, 1.807) is 4.57 Å². The first-order valence-corrected chi connectivity index (χ1v) is 11.2. The van der Waals surface area contributed by atoms with E-state index in [0.717, 1.165) is 30.2 Å². The molecule has 0 spiro atoms. The van der Waals surface area contributed by atoms with Crippen molar-refractivity contribution in [3.63, 3.8) is 0 Å². The summed E-state index contributed by atoms with van der Waals surface area (Å²) in [6, 6.07) is 7.49. The number of carbonyl (C=O) groups is 1. The fraction of sp³-hybridized carbons (Fsp3) is 0.526. The first-order chi connectivity index (χ1) is 12.9. The molecule has 7 nitrogen and oxygen atoms in total. The van der Waals surface area contributed by atoms with E-state index in [9.17, 15) is 18.3 Å². The number of azo groups is 1. The Morgan fingerprint density at radius 3 is 2.78 bits per heavy atom. The van der Waals surface area contributed by atoms with Crippen LogP contribution in [0, 0.1) is 5.92 Å². The van der Waals surface area contributed by atoms with Crippen LogP contribution in [-0.4, -0.2) is 35.5 Å². The molecule has 1 aromatic carbocycles. The summed E-state index contributed by atoms with van der Waals surface area (Å²) in [5.74, 6) is -0.471. The molecule has 0 bridgehead atoms. The van der Waals surface area contributed by atoms with Gasteiger partial charge in [-0.2, -0.15) is 0 Å². The van der Waals surface area contributed by atoms with Gasteiger partial charge in [0.15, 0.2) is 15.5 Å². The van der Waals surface area contributed by atoms with E-state index in [1.165, 1.54) is 0 Å². The van der Waals surface area contributed by atoms with Crippen molar-refractivity contribution in [2.24, 2.45) is 16.1 Å². The summed E-state index contributed by atoms with van der Waals surface area (Å²) < 4.78 is 24.8. The van der Waals surface area contributed by atoms with E-state index >= 15 is 0 Å². The Morgan fingerprint density at radius 2 is 2.07 bits per heavy atom. The number of unbranched alkanes of at least 4 members (excludes halogenated alkanes) is 2. The molecule has 3 rings (SSSR count). The number of sulfone groups is 1. The molecular weight excluding hydrogens is 366 g/mol. The van der Waals surface area contributed by atoms with Crippen molar-refractivity contribution in [2.75, 3.05) is 11.5 Å². The molecule has 1 N–H and O–H groups in total. The van der Waals surface area contributed by atoms with Crippen LogP contribution in [-0.2, 0) is 21.2 Å².